The Labute approximate surface area is 136 Å². The van der Waals surface area contributed by atoms with E-state index in [9.17, 15) is 0 Å². The Morgan fingerprint density at radius 2 is 0.882 bits per heavy atom. The van der Waals surface area contributed by atoms with E-state index in [4.69, 9.17) is 0 Å². The Morgan fingerprint density at radius 1 is 0.588 bits per heavy atom. The number of halogens is 4. The molecule has 0 saturated heterocycles. The molecular formula is C13H14Br4. The normalized spacial score (nSPS) is 67.1. The van der Waals surface area contributed by atoms with Gasteiger partial charge < -0.3 is 0 Å². The first kappa shape index (κ1) is 11.6. The van der Waals surface area contributed by atoms with E-state index in [1.54, 1.807) is 6.42 Å². The summed E-state index contributed by atoms with van der Waals surface area (Å²) in [5, 5.41) is 0. The van der Waals surface area contributed by atoms with E-state index in [1.165, 1.54) is 25.7 Å². The van der Waals surface area contributed by atoms with E-state index >= 15 is 0 Å². The first-order chi connectivity index (χ1) is 7.83. The van der Waals surface area contributed by atoms with Crippen LogP contribution in [0.1, 0.15) is 32.1 Å². The van der Waals surface area contributed by atoms with Crippen molar-refractivity contribution in [2.24, 2.45) is 34.5 Å². The molecule has 0 N–H and O–H groups in total. The molecule has 0 aromatic rings. The van der Waals surface area contributed by atoms with Crippen molar-refractivity contribution in [3.8, 4) is 0 Å². The highest BCUT2D eigenvalue weighted by Gasteiger charge is 2.84. The second-order valence-corrected chi connectivity index (χ2v) is 14.7. The van der Waals surface area contributed by atoms with Crippen LogP contribution in [-0.2, 0) is 0 Å². The Balaban J connectivity index is 1.50. The summed E-state index contributed by atoms with van der Waals surface area (Å²) in [5.41, 5.74) is 1.48. The van der Waals surface area contributed by atoms with Gasteiger partial charge in [-0.25, -0.2) is 0 Å². The summed E-state index contributed by atoms with van der Waals surface area (Å²) in [7, 11) is 0. The third-order valence-electron chi connectivity index (χ3n) is 6.85. The molecule has 0 nitrogen and oxygen atoms in total. The predicted molar refractivity (Wildman–Crippen MR) is 83.1 cm³/mol. The highest BCUT2D eigenvalue weighted by atomic mass is 79.9. The zero-order valence-electron chi connectivity index (χ0n) is 9.36. The number of fused-ring (bicyclic) bond motifs is 2. The average molecular weight is 490 g/mol. The van der Waals surface area contributed by atoms with E-state index in [1.807, 2.05) is 0 Å². The van der Waals surface area contributed by atoms with E-state index in [0.717, 1.165) is 34.5 Å². The maximum Gasteiger partial charge on any atom is 0.0868 e. The Hall–Kier alpha value is 1.92. The average Bonchev–Trinajstić information content (AvgIpc) is 3.13. The van der Waals surface area contributed by atoms with Crippen molar-refractivity contribution in [3.63, 3.8) is 0 Å². The molecule has 5 fully saturated rings. The third-order valence-corrected chi connectivity index (χ3v) is 11.6. The smallest absolute Gasteiger partial charge is 0.0721 e. The first-order valence-corrected chi connectivity index (χ1v) is 9.75. The summed E-state index contributed by atoms with van der Waals surface area (Å²) in [6.07, 6.45) is 7.47. The van der Waals surface area contributed by atoms with Crippen LogP contribution in [0.15, 0.2) is 0 Å². The van der Waals surface area contributed by atoms with Crippen LogP contribution in [0, 0.1) is 34.5 Å². The summed E-state index contributed by atoms with van der Waals surface area (Å²) >= 11 is 15.6. The van der Waals surface area contributed by atoms with Gasteiger partial charge in [0, 0.05) is 0 Å². The summed E-state index contributed by atoms with van der Waals surface area (Å²) in [6, 6.07) is 0. The molecule has 0 aromatic carbocycles. The molecule has 0 aromatic heterocycles. The van der Waals surface area contributed by atoms with Gasteiger partial charge in [-0.15, -0.1) is 0 Å². The van der Waals surface area contributed by atoms with Crippen LogP contribution >= 0.6 is 63.7 Å². The summed E-state index contributed by atoms with van der Waals surface area (Å²) < 4.78 is 0.643. The van der Waals surface area contributed by atoms with Gasteiger partial charge in [-0.1, -0.05) is 63.7 Å². The molecule has 0 spiro atoms. The fourth-order valence-corrected chi connectivity index (χ4v) is 8.96. The molecule has 5 saturated carbocycles. The molecular weight excluding hydrogens is 476 g/mol. The summed E-state index contributed by atoms with van der Waals surface area (Å²) in [5.74, 6) is 3.64. The minimum Gasteiger partial charge on any atom is -0.0721 e. The van der Waals surface area contributed by atoms with E-state index in [0.29, 0.717) is 6.47 Å². The summed E-state index contributed by atoms with van der Waals surface area (Å²) in [4.78, 5) is 0. The maximum atomic E-state index is 3.90. The lowest BCUT2D eigenvalue weighted by atomic mass is 9.71. The molecule has 17 heavy (non-hydrogen) atoms. The van der Waals surface area contributed by atoms with Gasteiger partial charge in [0.1, 0.15) is 0 Å². The van der Waals surface area contributed by atoms with Crippen molar-refractivity contribution < 1.29 is 0 Å². The van der Waals surface area contributed by atoms with Crippen LogP contribution in [0.3, 0.4) is 0 Å². The SMILES string of the molecule is BrC1(Br)C2CC34CC5C(CC3(CC21)C4)C5(Br)Br. The van der Waals surface area contributed by atoms with Crippen molar-refractivity contribution in [2.45, 2.75) is 38.6 Å². The minimum atomic E-state index is 0.321. The fraction of sp³-hybridized carbons (Fsp3) is 1.00. The molecule has 94 valence electrons. The lowest BCUT2D eigenvalue weighted by Crippen LogP contribution is -2.25. The minimum absolute atomic E-state index is 0.321. The van der Waals surface area contributed by atoms with E-state index in [2.05, 4.69) is 63.7 Å². The van der Waals surface area contributed by atoms with Crippen LogP contribution in [0.5, 0.6) is 0 Å². The van der Waals surface area contributed by atoms with Crippen LogP contribution in [0.25, 0.3) is 0 Å². The molecule has 0 heterocycles. The first-order valence-electron chi connectivity index (χ1n) is 6.58. The van der Waals surface area contributed by atoms with Crippen LogP contribution in [-0.4, -0.2) is 6.47 Å². The zero-order chi connectivity index (χ0) is 11.8. The second-order valence-electron chi connectivity index (χ2n) is 7.33. The van der Waals surface area contributed by atoms with Gasteiger partial charge in [0.2, 0.25) is 0 Å². The molecule has 0 aliphatic heterocycles. The molecule has 5 rings (SSSR count). The Bertz CT molecular complexity index is 373. The Morgan fingerprint density at radius 3 is 1.18 bits per heavy atom. The number of rotatable bonds is 0. The predicted octanol–water partition coefficient (Wildman–Crippen LogP) is 5.41. The van der Waals surface area contributed by atoms with Gasteiger partial charge in [0.05, 0.1) is 6.47 Å². The second kappa shape index (κ2) is 2.78. The number of hydrogen-bond donors (Lipinski definition) is 0. The van der Waals surface area contributed by atoms with Gasteiger partial charge in [0.25, 0.3) is 0 Å². The van der Waals surface area contributed by atoms with E-state index < -0.39 is 0 Å². The van der Waals surface area contributed by atoms with Crippen molar-refractivity contribution in [1.82, 2.24) is 0 Å². The van der Waals surface area contributed by atoms with Gasteiger partial charge in [0.15, 0.2) is 0 Å². The molecule has 4 heteroatoms. The summed E-state index contributed by atoms with van der Waals surface area (Å²) in [6.45, 7) is 0. The van der Waals surface area contributed by atoms with Gasteiger partial charge >= 0.3 is 0 Å². The highest BCUT2D eigenvalue weighted by molar-refractivity contribution is 9.26. The van der Waals surface area contributed by atoms with E-state index in [-0.39, 0.29) is 0 Å². The monoisotopic (exact) mass is 486 g/mol. The lowest BCUT2D eigenvalue weighted by molar-refractivity contribution is 0.157. The van der Waals surface area contributed by atoms with Crippen LogP contribution in [0.2, 0.25) is 0 Å². The molecule has 5 aliphatic carbocycles. The highest BCUT2D eigenvalue weighted by Crippen LogP contribution is 2.91. The molecule has 0 amide bonds. The van der Waals surface area contributed by atoms with Crippen molar-refractivity contribution in [1.29, 1.82) is 0 Å². The largest absolute Gasteiger partial charge is 0.0868 e. The third kappa shape index (κ3) is 1.15. The molecule has 0 radical (unpaired) electrons. The van der Waals surface area contributed by atoms with Crippen LogP contribution < -0.4 is 0 Å². The maximum absolute atomic E-state index is 3.90. The molecule has 5 aliphatic rings. The fourth-order valence-electron chi connectivity index (χ4n) is 5.64. The molecule has 4 unspecified atom stereocenters. The van der Waals surface area contributed by atoms with Gasteiger partial charge in [-0.05, 0) is 66.6 Å². The van der Waals surface area contributed by atoms with Gasteiger partial charge in [-0.3, -0.25) is 0 Å². The lowest BCUT2D eigenvalue weighted by Gasteiger charge is -2.33. The molecule has 0 bridgehead atoms. The molecule has 4 atom stereocenters. The number of alkyl halides is 4. The van der Waals surface area contributed by atoms with Crippen LogP contribution in [0.4, 0.5) is 0 Å². The number of hydrogen-bond acceptors (Lipinski definition) is 0. The zero-order valence-corrected chi connectivity index (χ0v) is 15.7. The topological polar surface area (TPSA) is 0 Å². The standard InChI is InChI=1S/C13H14Br4/c14-12(15)6-1-10-2-8-9(13(8,16)17)4-11(10,5-10)3-7(6)12/h6-9H,1-5H2. The van der Waals surface area contributed by atoms with Crippen molar-refractivity contribution in [3.05, 3.63) is 0 Å². The van der Waals surface area contributed by atoms with Crippen molar-refractivity contribution in [2.75, 3.05) is 0 Å². The Kier molecular flexibility index (Phi) is 1.89. The quantitative estimate of drug-likeness (QED) is 0.399. The van der Waals surface area contributed by atoms with Crippen molar-refractivity contribution >= 4 is 63.7 Å². The van der Waals surface area contributed by atoms with Gasteiger partial charge in [-0.2, -0.15) is 0 Å².